The molecule has 0 aliphatic carbocycles. The second-order valence-corrected chi connectivity index (χ2v) is 36.6. The van der Waals surface area contributed by atoms with Crippen LogP contribution < -0.4 is 76.1 Å². The molecule has 22 N–H and O–H groups in total. The minimum Gasteiger partial charge on any atom is -0.508 e. The summed E-state index contributed by atoms with van der Waals surface area (Å²) < 4.78 is 1.44. The Balaban J connectivity index is 1.11. The maximum atomic E-state index is 16.0. The number of benzene rings is 3. The van der Waals surface area contributed by atoms with Crippen LogP contribution in [-0.2, 0) is 112 Å². The van der Waals surface area contributed by atoms with Crippen molar-refractivity contribution in [3.05, 3.63) is 114 Å². The highest BCUT2D eigenvalue weighted by Crippen LogP contribution is 2.30. The smallest absolute Gasteiger partial charge is 0.323 e. The number of hydrogen-bond acceptors (Lipinski definition) is 24. The first-order chi connectivity index (χ1) is 65.2. The fraction of sp³-hybridized carbons (Fsp3) is 0.538. The van der Waals surface area contributed by atoms with E-state index in [9.17, 15) is 63.3 Å². The summed E-state index contributed by atoms with van der Waals surface area (Å²) in [6.45, 7) is 6.11. The van der Waals surface area contributed by atoms with Gasteiger partial charge in [0.15, 0.2) is 0 Å². The molecule has 43 nitrogen and oxygen atoms in total. The highest BCUT2D eigenvalue weighted by atomic mass is 32.2. The number of carboxylic acid groups (broad SMARTS) is 1. The molecule has 5 aromatic rings. The van der Waals surface area contributed by atoms with Crippen LogP contribution in [0, 0.1) is 5.92 Å². The maximum absolute atomic E-state index is 16.0. The van der Waals surface area contributed by atoms with Gasteiger partial charge in [-0.25, -0.2) is 0 Å². The van der Waals surface area contributed by atoms with Crippen LogP contribution in [0.3, 0.4) is 0 Å². The Morgan fingerprint density at radius 1 is 0.569 bits per heavy atom. The summed E-state index contributed by atoms with van der Waals surface area (Å²) in [7, 11) is 3.88. The Hall–Kier alpha value is -13.4. The molecule has 0 bridgehead atoms. The number of nitrogens with two attached hydrogens (primary N) is 4. The van der Waals surface area contributed by atoms with Crippen LogP contribution in [0.5, 0.6) is 5.75 Å². The number of rotatable bonds is 27. The number of thioether (sulfide) groups is 1. The monoisotopic (exact) mass is 1920 g/mol. The van der Waals surface area contributed by atoms with Crippen molar-refractivity contribution < 1.29 is 102 Å². The van der Waals surface area contributed by atoms with Crippen molar-refractivity contribution >= 4 is 146 Å². The van der Waals surface area contributed by atoms with E-state index in [1.165, 1.54) is 69.3 Å². The quantitative estimate of drug-likeness (QED) is 0.0267. The zero-order valence-electron chi connectivity index (χ0n) is 78.4. The van der Waals surface area contributed by atoms with E-state index >= 15 is 38.4 Å². The van der Waals surface area contributed by atoms with Gasteiger partial charge in [-0.2, -0.15) is 0 Å². The molecule has 4 aliphatic heterocycles. The summed E-state index contributed by atoms with van der Waals surface area (Å²) in [5.41, 5.74) is 26.4. The standard InChI is InChI=1S/C93H130N22O21S/c1-9-11-21-72-86(129)103-63(30-33-95)83(126)109-70(81(124)100-45-77(97)119)49-137-50-78(120)101-67(37-53-25-27-57(116)28-26-53)89(132)110(6)52(5)80(123)106-69(42-76(96)118)91(134)114-35-17-24-73(114)87(130)104-64(38-54-31-34-98-43-54)84(127)107-66(36-51(3)4)92(135)115-47-58(117)41-75(115)88(131)105-65(39-55-44-99-61-20-15-13-18-59(55)61)85(128)102-62(29-32-94)82(125)108-68(90(133)112(8)74(22-12-10-2)93(136)111(72)7)40-56-46-113(48-79(121)122)71-23-16-14-19-60(56)71/h13-16,18-20,23,25-28,34,43-44,46,51-52,58,62-70,72-75,99,116-117H,9-12,17,21-22,24,29-33,35-42,45,47-50,94-95H2,1-8H3,(H2,96,118)(H2,97,119)(H,100,124)(H,101,120)(H,102,128)(H,103,129)(H,104,130)(H,105,131)(H,106,123)(H,107,127)(H,108,125)(H,109,126)(H,121,122)/t52-,58-,62-,63-,64-,65-,66-,67-,68-,69-,70-,72-,73-,74-,75-/m0/s1. The number of aromatic nitrogens is 2. The van der Waals surface area contributed by atoms with Gasteiger partial charge in [0.1, 0.15) is 96.9 Å². The van der Waals surface area contributed by atoms with Gasteiger partial charge < -0.3 is 125 Å². The van der Waals surface area contributed by atoms with Crippen molar-refractivity contribution in [1.29, 1.82) is 0 Å². The average molecular weight is 1920 g/mol. The van der Waals surface area contributed by atoms with Crippen molar-refractivity contribution in [2.24, 2.45) is 33.8 Å². The number of aliphatic imine (C=N–C) groups is 1. The number of hydrogen-bond donors (Lipinski definition) is 18. The molecular weight excluding hydrogens is 1790 g/mol. The SMILES string of the molecule is CCCC[C@H]1C(=O)N(C)[C@@H](CCCC)C(=O)N[C@@H](CCN)C(=O)N[C@H](C(=O)NCC(N)=O)CSCC(=O)N[C@@H](Cc2ccc(O)cc2)C(=O)N(C)[C@@H](C)C(=O)N[C@@H](CC(N)=O)C(=O)N2CCC[C@H]2C(=O)N[C@@H](CC2=CN=CC2)C(=O)N[C@@H](CC(C)C)C(=O)N2C[C@@H](O)C[C@H]2C(=O)N[C@@H](Cc2c[nH]c3ccccc23)C(=O)N[C@@H](CCN)C(=O)N[C@@H](Cc2cn(CC(=O)O)c3ccccc23)C(=O)N1C. The second kappa shape index (κ2) is 51.0. The number of aliphatic hydroxyl groups is 1. The number of unbranched alkanes of at least 4 members (excludes halogenated alkanes) is 2. The first kappa shape index (κ1) is 107. The number of carboxylic acids is 1. The maximum Gasteiger partial charge on any atom is 0.323 e. The van der Waals surface area contributed by atoms with Crippen molar-refractivity contribution in [3.63, 3.8) is 0 Å². The molecule has 137 heavy (non-hydrogen) atoms. The molecule has 0 unspecified atom stereocenters. The molecule has 0 radical (unpaired) electrons. The largest absolute Gasteiger partial charge is 0.508 e. The van der Waals surface area contributed by atoms with Gasteiger partial charge in [-0.05, 0) is 124 Å². The molecule has 3 saturated heterocycles. The third-order valence-corrected chi connectivity index (χ3v) is 25.8. The molecule has 0 saturated carbocycles. The lowest BCUT2D eigenvalue weighted by atomic mass is 9.99. The lowest BCUT2D eigenvalue weighted by Gasteiger charge is -2.36. The topological polar surface area (TPSA) is 642 Å². The Labute approximate surface area is 797 Å². The number of H-pyrrole nitrogens is 1. The number of likely N-dealkylation sites (N-methyl/N-ethyl adjacent to an activating group) is 3. The first-order valence-electron chi connectivity index (χ1n) is 46.2. The van der Waals surface area contributed by atoms with E-state index in [4.69, 9.17) is 22.9 Å². The molecular formula is C93H130N22O21S. The highest BCUT2D eigenvalue weighted by Gasteiger charge is 2.47. The van der Waals surface area contributed by atoms with Crippen LogP contribution in [0.25, 0.3) is 21.8 Å². The number of aromatic amines is 1. The summed E-state index contributed by atoms with van der Waals surface area (Å²) in [5, 5.41) is 59.7. The first-order valence-corrected chi connectivity index (χ1v) is 47.3. The summed E-state index contributed by atoms with van der Waals surface area (Å²) in [6, 6.07) is -2.25. The van der Waals surface area contributed by atoms with Gasteiger partial charge in [-0.1, -0.05) is 102 Å². The summed E-state index contributed by atoms with van der Waals surface area (Å²) in [4.78, 5) is 276. The summed E-state index contributed by atoms with van der Waals surface area (Å²) >= 11 is 0.764. The number of primary amides is 2. The van der Waals surface area contributed by atoms with Gasteiger partial charge in [-0.3, -0.25) is 91.3 Å². The molecule has 6 heterocycles. The number of amides is 17. The number of aliphatic hydroxyl groups excluding tert-OH is 1. The number of aliphatic carboxylic acids is 1. The van der Waals surface area contributed by atoms with E-state index in [1.807, 2.05) is 13.8 Å². The van der Waals surface area contributed by atoms with E-state index in [0.717, 1.165) is 36.3 Å². The molecule has 15 atom stereocenters. The van der Waals surface area contributed by atoms with Crippen LogP contribution in [0.2, 0.25) is 0 Å². The number of para-hydroxylation sites is 2. The van der Waals surface area contributed by atoms with Crippen molar-refractivity contribution in [1.82, 2.24) is 87.2 Å². The second-order valence-electron chi connectivity index (χ2n) is 35.5. The average Bonchev–Trinajstić information content (AvgIpc) is 1.64. The van der Waals surface area contributed by atoms with Crippen LogP contribution in [0.15, 0.2) is 102 Å². The van der Waals surface area contributed by atoms with Crippen LogP contribution >= 0.6 is 11.8 Å². The van der Waals surface area contributed by atoms with E-state index in [2.05, 4.69) is 63.1 Å². The third-order valence-electron chi connectivity index (χ3n) is 24.8. The van der Waals surface area contributed by atoms with E-state index in [-0.39, 0.29) is 115 Å². The predicted octanol–water partition coefficient (Wildman–Crippen LogP) is -2.15. The Morgan fingerprint density at radius 2 is 1.12 bits per heavy atom. The lowest BCUT2D eigenvalue weighted by Crippen LogP contribution is -2.61. The molecule has 744 valence electrons. The minimum absolute atomic E-state index is 0.00472. The molecule has 3 aromatic carbocycles. The molecule has 17 amide bonds. The number of carbonyl (C=O) groups excluding carboxylic acids is 17. The summed E-state index contributed by atoms with van der Waals surface area (Å²) in [6.07, 6.45) is 3.77. The molecule has 0 spiro atoms. The van der Waals surface area contributed by atoms with Crippen LogP contribution in [0.1, 0.15) is 148 Å². The normalized spacial score (nSPS) is 25.0. The molecule has 4 aliphatic rings. The number of nitrogens with one attached hydrogen (secondary N) is 11. The van der Waals surface area contributed by atoms with Gasteiger partial charge in [-0.15, -0.1) is 11.8 Å². The number of nitrogens with zero attached hydrogens (tertiary/aromatic N) is 7. The lowest BCUT2D eigenvalue weighted by molar-refractivity contribution is -0.149. The van der Waals surface area contributed by atoms with E-state index in [1.54, 1.807) is 74.8 Å². The van der Waals surface area contributed by atoms with Crippen molar-refractivity contribution in [3.8, 4) is 5.75 Å². The zero-order chi connectivity index (χ0) is 100. The van der Waals surface area contributed by atoms with E-state index < -0.39 is 235 Å². The molecule has 2 aromatic heterocycles. The Kier molecular flexibility index (Phi) is 39.9. The minimum atomic E-state index is -1.77. The van der Waals surface area contributed by atoms with Gasteiger partial charge >= 0.3 is 5.97 Å². The number of fused-ring (bicyclic) bond motifs is 4. The Morgan fingerprint density at radius 3 is 1.75 bits per heavy atom. The van der Waals surface area contributed by atoms with E-state index in [0.29, 0.717) is 69.8 Å². The van der Waals surface area contributed by atoms with Crippen molar-refractivity contribution in [2.45, 2.75) is 247 Å². The fourth-order valence-corrected chi connectivity index (χ4v) is 18.1. The Bertz CT molecular complexity index is 5280. The molecule has 44 heteroatoms. The predicted molar refractivity (Wildman–Crippen MR) is 506 cm³/mol. The van der Waals surface area contributed by atoms with Gasteiger partial charge in [0.05, 0.1) is 24.8 Å². The van der Waals surface area contributed by atoms with Crippen LogP contribution in [0.4, 0.5) is 0 Å². The number of phenolic OH excluding ortho intramolecular Hbond substituents is 1. The summed E-state index contributed by atoms with van der Waals surface area (Å²) in [5.74, 6) is -18.5. The number of aromatic hydroxyl groups is 1. The van der Waals surface area contributed by atoms with Gasteiger partial charge in [0.2, 0.25) is 100 Å². The zero-order valence-corrected chi connectivity index (χ0v) is 79.2. The van der Waals surface area contributed by atoms with Crippen molar-refractivity contribution in [2.75, 3.05) is 65.4 Å². The fourth-order valence-electron chi connectivity index (χ4n) is 17.3. The van der Waals surface area contributed by atoms with Crippen LogP contribution in [-0.4, -0.2) is 318 Å². The number of phenols is 1. The highest BCUT2D eigenvalue weighted by molar-refractivity contribution is 8.00. The van der Waals surface area contributed by atoms with Gasteiger partial charge in [0, 0.05) is 119 Å². The van der Waals surface area contributed by atoms with Gasteiger partial charge in [0.25, 0.3) is 0 Å². The molecule has 9 rings (SSSR count). The molecule has 3 fully saturated rings. The number of carbonyl (C=O) groups is 18. The third kappa shape index (κ3) is 29.6.